The first-order valence-corrected chi connectivity index (χ1v) is 8.42. The Hall–Kier alpha value is -1.95. The van der Waals surface area contributed by atoms with Crippen molar-refractivity contribution in [1.82, 2.24) is 15.2 Å². The Morgan fingerprint density at radius 1 is 1.46 bits per heavy atom. The molecule has 1 aliphatic rings. The fraction of sp³-hybridized carbons (Fsp3) is 0.333. The van der Waals surface area contributed by atoms with Gasteiger partial charge in [0.25, 0.3) is 0 Å². The Kier molecular flexibility index (Phi) is 5.45. The van der Waals surface area contributed by atoms with Crippen LogP contribution in [0.1, 0.15) is 17.2 Å². The number of pyridine rings is 1. The quantitative estimate of drug-likeness (QED) is 0.895. The van der Waals surface area contributed by atoms with E-state index in [0.717, 1.165) is 36.4 Å². The van der Waals surface area contributed by atoms with Crippen LogP contribution in [0.5, 0.6) is 0 Å². The van der Waals surface area contributed by atoms with E-state index in [1.165, 1.54) is 0 Å². The smallest absolute Gasteiger partial charge is 0.238 e. The van der Waals surface area contributed by atoms with E-state index in [1.54, 1.807) is 12.3 Å². The molecular weight excluding hydrogens is 324 g/mol. The summed E-state index contributed by atoms with van der Waals surface area (Å²) in [5, 5.41) is 7.04. The fourth-order valence-electron chi connectivity index (χ4n) is 2.98. The van der Waals surface area contributed by atoms with Gasteiger partial charge >= 0.3 is 0 Å². The summed E-state index contributed by atoms with van der Waals surface area (Å²) in [5.41, 5.74) is 2.89. The molecule has 3 rings (SSSR count). The van der Waals surface area contributed by atoms with Gasteiger partial charge in [-0.25, -0.2) is 0 Å². The molecule has 6 heteroatoms. The Morgan fingerprint density at radius 2 is 2.33 bits per heavy atom. The number of rotatable bonds is 4. The first-order chi connectivity index (χ1) is 11.6. The number of aromatic nitrogens is 1. The number of nitrogens with one attached hydrogen (secondary N) is 2. The molecule has 2 aromatic rings. The zero-order valence-corrected chi connectivity index (χ0v) is 14.4. The number of hydrogen-bond donors (Lipinski definition) is 2. The third-order valence-corrected chi connectivity index (χ3v) is 4.47. The molecule has 1 fully saturated rings. The van der Waals surface area contributed by atoms with Crippen molar-refractivity contribution in [3.05, 3.63) is 58.9 Å². The van der Waals surface area contributed by atoms with Crippen LogP contribution in [0, 0.1) is 6.92 Å². The molecule has 2 N–H and O–H groups in total. The van der Waals surface area contributed by atoms with E-state index >= 15 is 0 Å². The Labute approximate surface area is 147 Å². The van der Waals surface area contributed by atoms with Gasteiger partial charge in [0.05, 0.1) is 6.54 Å². The Morgan fingerprint density at radius 3 is 3.08 bits per heavy atom. The lowest BCUT2D eigenvalue weighted by atomic mass is 10.1. The molecule has 1 aromatic carbocycles. The maximum absolute atomic E-state index is 12.5. The number of aryl methyl sites for hydroxylation is 1. The van der Waals surface area contributed by atoms with Crippen molar-refractivity contribution in [2.24, 2.45) is 0 Å². The molecule has 1 aliphatic heterocycles. The van der Waals surface area contributed by atoms with Crippen LogP contribution in [0.15, 0.2) is 42.7 Å². The van der Waals surface area contributed by atoms with Crippen molar-refractivity contribution in [1.29, 1.82) is 0 Å². The fourth-order valence-corrected chi connectivity index (χ4v) is 3.21. The summed E-state index contributed by atoms with van der Waals surface area (Å²) in [4.78, 5) is 18.9. The number of amides is 1. The van der Waals surface area contributed by atoms with E-state index in [4.69, 9.17) is 11.6 Å². The molecule has 1 amide bonds. The number of benzene rings is 1. The molecule has 1 aromatic heterocycles. The molecular formula is C18H21ClN4O. The van der Waals surface area contributed by atoms with E-state index in [9.17, 15) is 4.79 Å². The average Bonchev–Trinajstić information content (AvgIpc) is 2.59. The van der Waals surface area contributed by atoms with Crippen molar-refractivity contribution in [3.8, 4) is 0 Å². The number of anilines is 1. The lowest BCUT2D eigenvalue weighted by Crippen LogP contribution is -2.48. The van der Waals surface area contributed by atoms with Gasteiger partial charge in [-0.1, -0.05) is 17.7 Å². The molecule has 5 nitrogen and oxygen atoms in total. The van der Waals surface area contributed by atoms with E-state index in [-0.39, 0.29) is 11.9 Å². The van der Waals surface area contributed by atoms with Crippen molar-refractivity contribution in [2.75, 3.05) is 31.5 Å². The van der Waals surface area contributed by atoms with Crippen LogP contribution in [0.25, 0.3) is 0 Å². The van der Waals surface area contributed by atoms with Crippen LogP contribution < -0.4 is 10.6 Å². The average molecular weight is 345 g/mol. The SMILES string of the molecule is Cc1cc(Cl)ccc1NC(=O)CN1CCNCC1c1cccnc1. The largest absolute Gasteiger partial charge is 0.325 e. The number of piperazine rings is 1. The molecule has 126 valence electrons. The summed E-state index contributed by atoms with van der Waals surface area (Å²) in [6.45, 7) is 4.81. The minimum Gasteiger partial charge on any atom is -0.325 e. The van der Waals surface area contributed by atoms with E-state index in [0.29, 0.717) is 11.6 Å². The van der Waals surface area contributed by atoms with Gasteiger partial charge in [0.15, 0.2) is 0 Å². The molecule has 1 unspecified atom stereocenters. The molecule has 24 heavy (non-hydrogen) atoms. The number of carbonyl (C=O) groups excluding carboxylic acids is 1. The van der Waals surface area contributed by atoms with Gasteiger partial charge in [0, 0.05) is 48.8 Å². The summed E-state index contributed by atoms with van der Waals surface area (Å²) in [5.74, 6) is -0.0174. The molecule has 0 saturated carbocycles. The molecule has 1 atom stereocenters. The molecule has 2 heterocycles. The normalized spacial score (nSPS) is 18.3. The number of carbonyl (C=O) groups is 1. The third-order valence-electron chi connectivity index (χ3n) is 4.23. The van der Waals surface area contributed by atoms with Gasteiger partial charge in [-0.05, 0) is 42.3 Å². The molecule has 0 spiro atoms. The first-order valence-electron chi connectivity index (χ1n) is 8.04. The second-order valence-corrected chi connectivity index (χ2v) is 6.42. The minimum atomic E-state index is -0.0174. The Balaban J connectivity index is 1.67. The summed E-state index contributed by atoms with van der Waals surface area (Å²) in [7, 11) is 0. The predicted molar refractivity (Wildman–Crippen MR) is 96.2 cm³/mol. The van der Waals surface area contributed by atoms with Gasteiger partial charge in [0.2, 0.25) is 5.91 Å². The van der Waals surface area contributed by atoms with E-state index < -0.39 is 0 Å². The summed E-state index contributed by atoms with van der Waals surface area (Å²) in [6.07, 6.45) is 3.63. The monoisotopic (exact) mass is 344 g/mol. The Bertz CT molecular complexity index is 707. The lowest BCUT2D eigenvalue weighted by Gasteiger charge is -2.35. The number of hydrogen-bond acceptors (Lipinski definition) is 4. The van der Waals surface area contributed by atoms with Gasteiger partial charge in [0.1, 0.15) is 0 Å². The van der Waals surface area contributed by atoms with Crippen LogP contribution in [-0.2, 0) is 4.79 Å². The van der Waals surface area contributed by atoms with Crippen LogP contribution >= 0.6 is 11.6 Å². The number of halogens is 1. The van der Waals surface area contributed by atoms with E-state index in [1.807, 2.05) is 31.3 Å². The van der Waals surface area contributed by atoms with Crippen molar-refractivity contribution >= 4 is 23.2 Å². The van der Waals surface area contributed by atoms with Crippen molar-refractivity contribution in [2.45, 2.75) is 13.0 Å². The third kappa shape index (κ3) is 4.12. The summed E-state index contributed by atoms with van der Waals surface area (Å²) >= 11 is 5.96. The maximum atomic E-state index is 12.5. The van der Waals surface area contributed by atoms with Gasteiger partial charge in [-0.15, -0.1) is 0 Å². The highest BCUT2D eigenvalue weighted by Gasteiger charge is 2.25. The molecule has 0 aliphatic carbocycles. The highest BCUT2D eigenvalue weighted by Crippen LogP contribution is 2.22. The highest BCUT2D eigenvalue weighted by molar-refractivity contribution is 6.30. The molecule has 1 saturated heterocycles. The van der Waals surface area contributed by atoms with Crippen molar-refractivity contribution in [3.63, 3.8) is 0 Å². The van der Waals surface area contributed by atoms with Crippen LogP contribution in [0.3, 0.4) is 0 Å². The maximum Gasteiger partial charge on any atom is 0.238 e. The highest BCUT2D eigenvalue weighted by atomic mass is 35.5. The molecule has 0 bridgehead atoms. The number of nitrogens with zero attached hydrogens (tertiary/aromatic N) is 2. The van der Waals surface area contributed by atoms with Crippen LogP contribution in [0.4, 0.5) is 5.69 Å². The summed E-state index contributed by atoms with van der Waals surface area (Å²) in [6, 6.07) is 9.61. The van der Waals surface area contributed by atoms with Gasteiger partial charge in [-0.2, -0.15) is 0 Å². The zero-order chi connectivity index (χ0) is 16.9. The van der Waals surface area contributed by atoms with Gasteiger partial charge < -0.3 is 10.6 Å². The van der Waals surface area contributed by atoms with Crippen LogP contribution in [0.2, 0.25) is 5.02 Å². The van der Waals surface area contributed by atoms with E-state index in [2.05, 4.69) is 26.6 Å². The first kappa shape index (κ1) is 16.9. The minimum absolute atomic E-state index is 0.0174. The second kappa shape index (κ2) is 7.75. The van der Waals surface area contributed by atoms with Crippen LogP contribution in [-0.4, -0.2) is 42.0 Å². The van der Waals surface area contributed by atoms with Gasteiger partial charge in [-0.3, -0.25) is 14.7 Å². The predicted octanol–water partition coefficient (Wildman–Crippen LogP) is 2.63. The standard InChI is InChI=1S/C18H21ClN4O/c1-13-9-15(19)4-5-16(13)22-18(24)12-23-8-7-21-11-17(23)14-3-2-6-20-10-14/h2-6,9-10,17,21H,7-8,11-12H2,1H3,(H,22,24). The second-order valence-electron chi connectivity index (χ2n) is 5.98. The lowest BCUT2D eigenvalue weighted by molar-refractivity contribution is -0.118. The topological polar surface area (TPSA) is 57.3 Å². The van der Waals surface area contributed by atoms with Crippen molar-refractivity contribution < 1.29 is 4.79 Å². The molecule has 0 radical (unpaired) electrons. The summed E-state index contributed by atoms with van der Waals surface area (Å²) < 4.78 is 0. The zero-order valence-electron chi connectivity index (χ0n) is 13.6.